The van der Waals surface area contributed by atoms with Gasteiger partial charge in [0.1, 0.15) is 12.4 Å². The molecule has 2 aromatic carbocycles. The quantitative estimate of drug-likeness (QED) is 0.548. The summed E-state index contributed by atoms with van der Waals surface area (Å²) in [4.78, 5) is 15.8. The molecule has 0 saturated carbocycles. The van der Waals surface area contributed by atoms with Gasteiger partial charge in [0.25, 0.3) is 0 Å². The summed E-state index contributed by atoms with van der Waals surface area (Å²) in [5.74, 6) is 0.747. The second kappa shape index (κ2) is 9.90. The van der Waals surface area contributed by atoms with E-state index in [0.29, 0.717) is 19.7 Å². The third kappa shape index (κ3) is 5.67. The maximum absolute atomic E-state index is 12.8. The highest BCUT2D eigenvalue weighted by Gasteiger charge is 2.17. The topological polar surface area (TPSA) is 38.8 Å². The Hall–Kier alpha value is -2.63. The van der Waals surface area contributed by atoms with Gasteiger partial charge in [-0.2, -0.15) is 0 Å². The van der Waals surface area contributed by atoms with E-state index in [1.807, 2.05) is 77.0 Å². The largest absolute Gasteiger partial charge is 0.496 e. The number of amides is 1. The molecule has 3 aromatic rings. The number of thiophene rings is 1. The summed E-state index contributed by atoms with van der Waals surface area (Å²) in [5.41, 5.74) is 2.04. The van der Waals surface area contributed by atoms with Crippen molar-refractivity contribution in [1.29, 1.82) is 0 Å². The first-order valence-electron chi connectivity index (χ1n) is 8.80. The summed E-state index contributed by atoms with van der Waals surface area (Å²) >= 11 is 1.64. The minimum absolute atomic E-state index is 0.0368. The van der Waals surface area contributed by atoms with Gasteiger partial charge in [0.2, 0.25) is 5.91 Å². The Morgan fingerprint density at radius 3 is 2.48 bits per heavy atom. The van der Waals surface area contributed by atoms with Crippen molar-refractivity contribution >= 4 is 17.2 Å². The van der Waals surface area contributed by atoms with Crippen LogP contribution in [0.3, 0.4) is 0 Å². The first-order chi connectivity index (χ1) is 13.3. The van der Waals surface area contributed by atoms with Gasteiger partial charge in [-0.05, 0) is 23.1 Å². The predicted molar refractivity (Wildman–Crippen MR) is 108 cm³/mol. The summed E-state index contributed by atoms with van der Waals surface area (Å²) in [5, 5.41) is 2.02. The summed E-state index contributed by atoms with van der Waals surface area (Å²) in [7, 11) is 1.65. The van der Waals surface area contributed by atoms with Gasteiger partial charge in [0, 0.05) is 17.0 Å². The summed E-state index contributed by atoms with van der Waals surface area (Å²) in [6.45, 7) is 1.52. The zero-order chi connectivity index (χ0) is 18.9. The molecule has 27 heavy (non-hydrogen) atoms. The SMILES string of the molecule is COc1ccccc1CN(Cc1cccs1)C(=O)COCc1ccccc1. The van der Waals surface area contributed by atoms with Crippen molar-refractivity contribution in [1.82, 2.24) is 4.90 Å². The monoisotopic (exact) mass is 381 g/mol. The molecule has 1 heterocycles. The van der Waals surface area contributed by atoms with E-state index >= 15 is 0 Å². The average molecular weight is 381 g/mol. The number of carbonyl (C=O) groups excluding carboxylic acids is 1. The van der Waals surface area contributed by atoms with Crippen LogP contribution in [0.4, 0.5) is 0 Å². The van der Waals surface area contributed by atoms with E-state index in [4.69, 9.17) is 9.47 Å². The lowest BCUT2D eigenvalue weighted by molar-refractivity contribution is -0.137. The number of rotatable bonds is 9. The molecule has 0 spiro atoms. The highest BCUT2D eigenvalue weighted by Crippen LogP contribution is 2.21. The van der Waals surface area contributed by atoms with E-state index in [1.54, 1.807) is 18.4 Å². The third-order valence-electron chi connectivity index (χ3n) is 4.17. The van der Waals surface area contributed by atoms with E-state index < -0.39 is 0 Å². The minimum Gasteiger partial charge on any atom is -0.496 e. The van der Waals surface area contributed by atoms with Crippen LogP contribution in [0.15, 0.2) is 72.1 Å². The number of ether oxygens (including phenoxy) is 2. The van der Waals surface area contributed by atoms with Crippen molar-refractivity contribution in [3.63, 3.8) is 0 Å². The lowest BCUT2D eigenvalue weighted by Crippen LogP contribution is -2.33. The first kappa shape index (κ1) is 19.1. The Labute approximate surface area is 164 Å². The molecule has 0 N–H and O–H groups in total. The highest BCUT2D eigenvalue weighted by molar-refractivity contribution is 7.09. The molecular formula is C22H23NO3S. The molecule has 1 aromatic heterocycles. The Bertz CT molecular complexity index is 834. The molecule has 0 fully saturated rings. The highest BCUT2D eigenvalue weighted by atomic mass is 32.1. The van der Waals surface area contributed by atoms with E-state index in [9.17, 15) is 4.79 Å². The standard InChI is InChI=1S/C22H23NO3S/c1-25-21-12-6-5-10-19(21)14-23(15-20-11-7-13-27-20)22(24)17-26-16-18-8-3-2-4-9-18/h2-13H,14-17H2,1H3. The maximum atomic E-state index is 12.8. The number of hydrogen-bond donors (Lipinski definition) is 0. The number of carbonyl (C=O) groups is 1. The summed E-state index contributed by atoms with van der Waals surface area (Å²) < 4.78 is 11.1. The Morgan fingerprint density at radius 1 is 0.963 bits per heavy atom. The fourth-order valence-electron chi connectivity index (χ4n) is 2.78. The molecule has 0 atom stereocenters. The van der Waals surface area contributed by atoms with Crippen molar-refractivity contribution in [2.24, 2.45) is 0 Å². The van der Waals surface area contributed by atoms with Crippen molar-refractivity contribution in [2.75, 3.05) is 13.7 Å². The van der Waals surface area contributed by atoms with Gasteiger partial charge in [-0.1, -0.05) is 54.6 Å². The Balaban J connectivity index is 1.66. The predicted octanol–water partition coefficient (Wildman–Crippen LogP) is 4.50. The third-order valence-corrected chi connectivity index (χ3v) is 5.03. The molecule has 0 unspecified atom stereocenters. The second-order valence-corrected chi connectivity index (χ2v) is 7.15. The van der Waals surface area contributed by atoms with Gasteiger partial charge >= 0.3 is 0 Å². The van der Waals surface area contributed by atoms with Gasteiger partial charge in [0.05, 0.1) is 20.3 Å². The molecule has 140 valence electrons. The van der Waals surface area contributed by atoms with Crippen molar-refractivity contribution in [3.05, 3.63) is 88.1 Å². The van der Waals surface area contributed by atoms with Gasteiger partial charge in [-0.25, -0.2) is 0 Å². The molecule has 0 saturated heterocycles. The van der Waals surface area contributed by atoms with Gasteiger partial charge in [-0.3, -0.25) is 4.79 Å². The van der Waals surface area contributed by atoms with Crippen LogP contribution in [0, 0.1) is 0 Å². The maximum Gasteiger partial charge on any atom is 0.249 e. The molecule has 5 heteroatoms. The number of benzene rings is 2. The van der Waals surface area contributed by atoms with Crippen LogP contribution in [0.2, 0.25) is 0 Å². The molecule has 0 bridgehead atoms. The van der Waals surface area contributed by atoms with Crippen LogP contribution in [0.5, 0.6) is 5.75 Å². The number of para-hydroxylation sites is 1. The lowest BCUT2D eigenvalue weighted by atomic mass is 10.2. The molecule has 4 nitrogen and oxygen atoms in total. The second-order valence-electron chi connectivity index (χ2n) is 6.12. The van der Waals surface area contributed by atoms with Gasteiger partial charge in [0.15, 0.2) is 0 Å². The lowest BCUT2D eigenvalue weighted by Gasteiger charge is -2.23. The molecule has 0 aliphatic rings. The molecule has 0 aliphatic heterocycles. The number of nitrogens with zero attached hydrogens (tertiary/aromatic N) is 1. The van der Waals surface area contributed by atoms with Crippen LogP contribution >= 0.6 is 11.3 Å². The molecule has 0 radical (unpaired) electrons. The fraction of sp³-hybridized carbons (Fsp3) is 0.227. The van der Waals surface area contributed by atoms with Crippen LogP contribution in [0.1, 0.15) is 16.0 Å². The van der Waals surface area contributed by atoms with E-state index in [-0.39, 0.29) is 12.5 Å². The summed E-state index contributed by atoms with van der Waals surface area (Å²) in [6, 6.07) is 21.7. The zero-order valence-corrected chi connectivity index (χ0v) is 16.2. The van der Waals surface area contributed by atoms with E-state index in [2.05, 4.69) is 0 Å². The number of hydrogen-bond acceptors (Lipinski definition) is 4. The smallest absolute Gasteiger partial charge is 0.249 e. The first-order valence-corrected chi connectivity index (χ1v) is 9.68. The molecule has 3 rings (SSSR count). The summed E-state index contributed by atoms with van der Waals surface area (Å²) in [6.07, 6.45) is 0. The minimum atomic E-state index is -0.0368. The molecular weight excluding hydrogens is 358 g/mol. The van der Waals surface area contributed by atoms with Crippen LogP contribution in [-0.2, 0) is 29.2 Å². The molecule has 0 aliphatic carbocycles. The molecule has 1 amide bonds. The Morgan fingerprint density at radius 2 is 1.74 bits per heavy atom. The van der Waals surface area contributed by atoms with Gasteiger partial charge < -0.3 is 14.4 Å². The van der Waals surface area contributed by atoms with Crippen molar-refractivity contribution < 1.29 is 14.3 Å². The van der Waals surface area contributed by atoms with Crippen LogP contribution in [-0.4, -0.2) is 24.5 Å². The van der Waals surface area contributed by atoms with Gasteiger partial charge in [-0.15, -0.1) is 11.3 Å². The normalized spacial score (nSPS) is 10.6. The van der Waals surface area contributed by atoms with Crippen LogP contribution in [0.25, 0.3) is 0 Å². The Kier molecular flexibility index (Phi) is 7.02. The van der Waals surface area contributed by atoms with Crippen molar-refractivity contribution in [3.8, 4) is 5.75 Å². The van der Waals surface area contributed by atoms with Crippen molar-refractivity contribution in [2.45, 2.75) is 19.7 Å². The number of methoxy groups -OCH3 is 1. The average Bonchev–Trinajstić information content (AvgIpc) is 3.22. The van der Waals surface area contributed by atoms with Crippen LogP contribution < -0.4 is 4.74 Å². The fourth-order valence-corrected chi connectivity index (χ4v) is 3.50. The zero-order valence-electron chi connectivity index (χ0n) is 15.3. The van der Waals surface area contributed by atoms with E-state index in [1.165, 1.54) is 0 Å². The van der Waals surface area contributed by atoms with E-state index in [0.717, 1.165) is 21.8 Å².